The molecule has 0 aliphatic heterocycles. The summed E-state index contributed by atoms with van der Waals surface area (Å²) in [6.45, 7) is -0.0201. The maximum atomic E-state index is 11.8. The van der Waals surface area contributed by atoms with Crippen molar-refractivity contribution < 1.29 is 22.4 Å². The van der Waals surface area contributed by atoms with Gasteiger partial charge in [0, 0.05) is 7.05 Å². The predicted molar refractivity (Wildman–Crippen MR) is 97.3 cm³/mol. The molecule has 10 nitrogen and oxygen atoms in total. The van der Waals surface area contributed by atoms with E-state index in [0.717, 1.165) is 21.9 Å². The average molecular weight is 420 g/mol. The van der Waals surface area contributed by atoms with Crippen molar-refractivity contribution in [2.75, 3.05) is 30.9 Å². The molecular weight excluding hydrogens is 402 g/mol. The number of anilines is 1. The molecule has 0 aromatic carbocycles. The Hall–Kier alpha value is -1.96. The van der Waals surface area contributed by atoms with E-state index in [2.05, 4.69) is 20.8 Å². The molecule has 0 unspecified atom stereocenters. The van der Waals surface area contributed by atoms with E-state index in [1.165, 1.54) is 25.1 Å². The Bertz CT molecular complexity index is 849. The molecule has 2 rings (SSSR count). The molecule has 2 N–H and O–H groups in total. The lowest BCUT2D eigenvalue weighted by molar-refractivity contribution is -0.119. The molecule has 13 heteroatoms. The van der Waals surface area contributed by atoms with Gasteiger partial charge in [0.2, 0.25) is 27.0 Å². The topological polar surface area (TPSA) is 134 Å². The van der Waals surface area contributed by atoms with Crippen LogP contribution in [0.1, 0.15) is 5.76 Å². The fourth-order valence-corrected chi connectivity index (χ4v) is 3.52. The normalized spacial score (nSPS) is 11.5. The summed E-state index contributed by atoms with van der Waals surface area (Å²) in [5.74, 6) is 0.0761. The Morgan fingerprint density at radius 2 is 2.12 bits per heavy atom. The average Bonchev–Trinajstić information content (AvgIpc) is 3.21. The monoisotopic (exact) mass is 419 g/mol. The van der Waals surface area contributed by atoms with E-state index < -0.39 is 15.9 Å². The van der Waals surface area contributed by atoms with Gasteiger partial charge in [0.05, 0.1) is 31.4 Å². The Morgan fingerprint density at radius 3 is 2.77 bits per heavy atom. The summed E-state index contributed by atoms with van der Waals surface area (Å²) in [5, 5.41) is 13.1. The molecule has 0 saturated carbocycles. The van der Waals surface area contributed by atoms with Crippen LogP contribution in [0.4, 0.5) is 5.13 Å². The molecule has 0 bridgehead atoms. The second-order valence-corrected chi connectivity index (χ2v) is 9.37. The maximum absolute atomic E-state index is 11.8. The number of hydrogen-bond donors (Lipinski definition) is 2. The van der Waals surface area contributed by atoms with Crippen molar-refractivity contribution in [1.29, 1.82) is 0 Å². The lowest BCUT2D eigenvalue weighted by Crippen LogP contribution is -2.34. The third-order valence-corrected chi connectivity index (χ3v) is 6.19. The molecule has 0 fully saturated rings. The number of sulfonamides is 1. The molecule has 2 aromatic rings. The van der Waals surface area contributed by atoms with Gasteiger partial charge < -0.3 is 9.73 Å². The second kappa shape index (κ2) is 9.12. The van der Waals surface area contributed by atoms with Crippen molar-refractivity contribution in [3.05, 3.63) is 24.2 Å². The van der Waals surface area contributed by atoms with Gasteiger partial charge in [-0.25, -0.2) is 8.42 Å². The minimum absolute atomic E-state index is 0.139. The smallest absolute Gasteiger partial charge is 0.241 e. The lowest BCUT2D eigenvalue weighted by atomic mass is 10.4. The van der Waals surface area contributed by atoms with Gasteiger partial charge >= 0.3 is 0 Å². The van der Waals surface area contributed by atoms with E-state index in [9.17, 15) is 18.0 Å². The lowest BCUT2D eigenvalue weighted by Gasteiger charge is -2.12. The minimum Gasteiger partial charge on any atom is -0.467 e. The standard InChI is InChI=1S/C13H17N5O5S3/c1-18(26(2,21)22)7-10(19)15-12-16-17-13(25-12)24-8-11(20)14-6-9-4-3-5-23-9/h3-5H,6-8H2,1-2H3,(H,14,20)(H,15,16,19). The quantitative estimate of drug-likeness (QED) is 0.440. The van der Waals surface area contributed by atoms with Crippen LogP contribution in [0.5, 0.6) is 0 Å². The molecule has 26 heavy (non-hydrogen) atoms. The number of furan rings is 1. The van der Waals surface area contributed by atoms with Crippen LogP contribution >= 0.6 is 23.1 Å². The van der Waals surface area contributed by atoms with Crippen LogP contribution in [-0.2, 0) is 26.2 Å². The number of likely N-dealkylation sites (N-methyl/N-ethyl adjacent to an activating group) is 1. The van der Waals surface area contributed by atoms with Crippen LogP contribution in [0.25, 0.3) is 0 Å². The molecule has 0 radical (unpaired) electrons. The van der Waals surface area contributed by atoms with Crippen LogP contribution in [-0.4, -0.2) is 60.3 Å². The van der Waals surface area contributed by atoms with Crippen LogP contribution in [0.2, 0.25) is 0 Å². The van der Waals surface area contributed by atoms with Gasteiger partial charge in [-0.2, -0.15) is 4.31 Å². The number of nitrogens with one attached hydrogen (secondary N) is 2. The second-order valence-electron chi connectivity index (χ2n) is 5.09. The molecule has 0 saturated heterocycles. The van der Waals surface area contributed by atoms with Crippen molar-refractivity contribution in [2.45, 2.75) is 10.9 Å². The highest BCUT2D eigenvalue weighted by Crippen LogP contribution is 2.25. The highest BCUT2D eigenvalue weighted by atomic mass is 32.2. The summed E-state index contributed by atoms with van der Waals surface area (Å²) in [5.41, 5.74) is 0. The molecule has 2 aromatic heterocycles. The van der Waals surface area contributed by atoms with E-state index >= 15 is 0 Å². The fourth-order valence-electron chi connectivity index (χ4n) is 1.57. The zero-order chi connectivity index (χ0) is 19.2. The van der Waals surface area contributed by atoms with Crippen molar-refractivity contribution in [1.82, 2.24) is 19.8 Å². The molecule has 142 valence electrons. The first kappa shape index (κ1) is 20.4. The molecule has 0 aliphatic carbocycles. The summed E-state index contributed by atoms with van der Waals surface area (Å²) in [7, 11) is -2.14. The van der Waals surface area contributed by atoms with Crippen molar-refractivity contribution in [3.63, 3.8) is 0 Å². The van der Waals surface area contributed by atoms with E-state index in [1.54, 1.807) is 12.1 Å². The van der Waals surface area contributed by atoms with Gasteiger partial charge in [-0.1, -0.05) is 23.1 Å². The highest BCUT2D eigenvalue weighted by molar-refractivity contribution is 8.01. The van der Waals surface area contributed by atoms with Gasteiger partial charge in [-0.3, -0.25) is 14.9 Å². The van der Waals surface area contributed by atoms with E-state index in [-0.39, 0.29) is 23.3 Å². The minimum atomic E-state index is -3.44. The number of aromatic nitrogens is 2. The number of carbonyl (C=O) groups excluding carboxylic acids is 2. The molecular formula is C13H17N5O5S3. The molecule has 2 amide bonds. The van der Waals surface area contributed by atoms with E-state index in [4.69, 9.17) is 4.42 Å². The van der Waals surface area contributed by atoms with Crippen LogP contribution < -0.4 is 10.6 Å². The third-order valence-electron chi connectivity index (χ3n) is 2.95. The Morgan fingerprint density at radius 1 is 1.35 bits per heavy atom. The summed E-state index contributed by atoms with van der Waals surface area (Å²) >= 11 is 2.27. The van der Waals surface area contributed by atoms with Gasteiger partial charge in [-0.15, -0.1) is 10.2 Å². The fraction of sp³-hybridized carbons (Fsp3) is 0.385. The summed E-state index contributed by atoms with van der Waals surface area (Å²) < 4.78 is 29.1. The Labute approximate surface area is 158 Å². The Balaban J connectivity index is 1.74. The molecule has 2 heterocycles. The predicted octanol–water partition coefficient (Wildman–Crippen LogP) is 0.369. The first-order chi connectivity index (χ1) is 12.2. The van der Waals surface area contributed by atoms with Gasteiger partial charge in [0.1, 0.15) is 5.76 Å². The zero-order valence-corrected chi connectivity index (χ0v) is 16.4. The summed E-state index contributed by atoms with van der Waals surface area (Å²) in [6, 6.07) is 3.50. The number of thioether (sulfide) groups is 1. The number of hydrogen-bond acceptors (Lipinski definition) is 9. The molecule has 0 atom stereocenters. The van der Waals surface area contributed by atoms with E-state index in [1.807, 2.05) is 0 Å². The summed E-state index contributed by atoms with van der Waals surface area (Å²) in [6.07, 6.45) is 2.54. The van der Waals surface area contributed by atoms with Gasteiger partial charge in [0.25, 0.3) is 0 Å². The zero-order valence-electron chi connectivity index (χ0n) is 14.0. The number of nitrogens with zero attached hydrogens (tertiary/aromatic N) is 3. The number of amides is 2. The summed E-state index contributed by atoms with van der Waals surface area (Å²) in [4.78, 5) is 23.5. The van der Waals surface area contributed by atoms with E-state index in [0.29, 0.717) is 16.6 Å². The van der Waals surface area contributed by atoms with Crippen LogP contribution in [0.3, 0.4) is 0 Å². The highest BCUT2D eigenvalue weighted by Gasteiger charge is 2.16. The third kappa shape index (κ3) is 6.74. The first-order valence-electron chi connectivity index (χ1n) is 7.20. The van der Waals surface area contributed by atoms with Crippen LogP contribution in [0, 0.1) is 0 Å². The molecule has 0 spiro atoms. The Kier molecular flexibility index (Phi) is 7.14. The number of rotatable bonds is 9. The maximum Gasteiger partial charge on any atom is 0.241 e. The van der Waals surface area contributed by atoms with Gasteiger partial charge in [0.15, 0.2) is 4.34 Å². The molecule has 0 aliphatic rings. The number of carbonyl (C=O) groups is 2. The first-order valence-corrected chi connectivity index (χ1v) is 10.9. The SMILES string of the molecule is CN(CC(=O)Nc1nnc(SCC(=O)NCc2ccco2)s1)S(C)(=O)=O. The largest absolute Gasteiger partial charge is 0.467 e. The van der Waals surface area contributed by atoms with Crippen molar-refractivity contribution in [2.24, 2.45) is 0 Å². The van der Waals surface area contributed by atoms with Gasteiger partial charge in [-0.05, 0) is 12.1 Å². The van der Waals surface area contributed by atoms with Crippen molar-refractivity contribution >= 4 is 50.1 Å². The van der Waals surface area contributed by atoms with Crippen LogP contribution in [0.15, 0.2) is 27.2 Å². The van der Waals surface area contributed by atoms with Crippen molar-refractivity contribution in [3.8, 4) is 0 Å².